The highest BCUT2D eigenvalue weighted by molar-refractivity contribution is 5.93. The minimum absolute atomic E-state index is 0.0768. The zero-order valence-electron chi connectivity index (χ0n) is 13.7. The van der Waals surface area contributed by atoms with E-state index in [9.17, 15) is 4.79 Å². The van der Waals surface area contributed by atoms with Gasteiger partial charge in [-0.25, -0.2) is 0 Å². The largest absolute Gasteiger partial charge is 0.397 e. The number of unbranched alkanes of at least 4 members (excludes halogenated alkanes) is 2. The predicted octanol–water partition coefficient (Wildman–Crippen LogP) is 2.34. The molecule has 1 aromatic rings. The quantitative estimate of drug-likeness (QED) is 0.302. The van der Waals surface area contributed by atoms with E-state index < -0.39 is 0 Å². The summed E-state index contributed by atoms with van der Waals surface area (Å²) in [4.78, 5) is 12.2. The molecule has 0 aromatic carbocycles. The Bertz CT molecular complexity index is 493. The highest BCUT2D eigenvalue weighted by Crippen LogP contribution is 2.13. The second-order valence-corrected chi connectivity index (χ2v) is 6.13. The molecule has 6 heteroatoms. The Morgan fingerprint density at radius 3 is 2.73 bits per heavy atom. The number of anilines is 1. The number of aromatic nitrogens is 1. The van der Waals surface area contributed by atoms with Crippen molar-refractivity contribution in [1.29, 1.82) is 5.41 Å². The molecule has 0 saturated carbocycles. The number of nitrogens with zero attached hydrogens (tertiary/aromatic N) is 1. The van der Waals surface area contributed by atoms with Crippen LogP contribution in [-0.4, -0.2) is 22.9 Å². The number of carbonyl (C=O) groups is 1. The fourth-order valence-electron chi connectivity index (χ4n) is 2.22. The summed E-state index contributed by atoms with van der Waals surface area (Å²) in [7, 11) is 0. The van der Waals surface area contributed by atoms with Crippen molar-refractivity contribution in [3.8, 4) is 0 Å². The number of hydrogen-bond donors (Lipinski definition) is 4. The SMILES string of the molecule is CC(C)CCn1cc(N)cc1C(=O)NCCCCCC(=N)N. The fraction of sp³-hybridized carbons (Fsp3) is 0.625. The predicted molar refractivity (Wildman–Crippen MR) is 91.0 cm³/mol. The number of amides is 1. The van der Waals surface area contributed by atoms with Gasteiger partial charge in [0.15, 0.2) is 0 Å². The number of carbonyl (C=O) groups excluding carboxylic acids is 1. The average Bonchev–Trinajstić information content (AvgIpc) is 2.81. The standard InChI is InChI=1S/C16H29N5O/c1-12(2)7-9-21-11-13(17)10-14(21)16(22)20-8-5-3-4-6-15(18)19/h10-12H,3-9,17H2,1-2H3,(H3,18,19)(H,20,22). The molecule has 1 amide bonds. The first kappa shape index (κ1) is 18.1. The second-order valence-electron chi connectivity index (χ2n) is 6.13. The Labute approximate surface area is 132 Å². The maximum atomic E-state index is 12.2. The molecule has 22 heavy (non-hydrogen) atoms. The van der Waals surface area contributed by atoms with Crippen LogP contribution in [0.25, 0.3) is 0 Å². The summed E-state index contributed by atoms with van der Waals surface area (Å²) in [6, 6.07) is 1.73. The van der Waals surface area contributed by atoms with Gasteiger partial charge < -0.3 is 21.4 Å². The molecular formula is C16H29N5O. The van der Waals surface area contributed by atoms with E-state index in [2.05, 4.69) is 19.2 Å². The van der Waals surface area contributed by atoms with Crippen molar-refractivity contribution in [3.63, 3.8) is 0 Å². The minimum Gasteiger partial charge on any atom is -0.397 e. The van der Waals surface area contributed by atoms with Crippen LogP contribution < -0.4 is 16.8 Å². The first-order valence-corrected chi connectivity index (χ1v) is 7.97. The van der Waals surface area contributed by atoms with Crippen LogP contribution in [0.15, 0.2) is 12.3 Å². The van der Waals surface area contributed by atoms with Crippen molar-refractivity contribution >= 4 is 17.4 Å². The van der Waals surface area contributed by atoms with Gasteiger partial charge in [-0.15, -0.1) is 0 Å². The van der Waals surface area contributed by atoms with Gasteiger partial charge in [-0.05, 0) is 31.2 Å². The molecule has 0 aliphatic carbocycles. The normalized spacial score (nSPS) is 10.9. The Morgan fingerprint density at radius 2 is 2.09 bits per heavy atom. The number of hydrogen-bond acceptors (Lipinski definition) is 3. The zero-order chi connectivity index (χ0) is 16.5. The summed E-state index contributed by atoms with van der Waals surface area (Å²) in [5, 5.41) is 10.1. The number of rotatable bonds is 10. The van der Waals surface area contributed by atoms with Crippen molar-refractivity contribution in [2.75, 3.05) is 12.3 Å². The van der Waals surface area contributed by atoms with Crippen LogP contribution in [0.2, 0.25) is 0 Å². The van der Waals surface area contributed by atoms with Gasteiger partial charge in [-0.2, -0.15) is 0 Å². The summed E-state index contributed by atoms with van der Waals surface area (Å²) in [5.41, 5.74) is 12.4. The Morgan fingerprint density at radius 1 is 1.36 bits per heavy atom. The van der Waals surface area contributed by atoms with Crippen molar-refractivity contribution in [2.45, 2.75) is 52.5 Å². The highest BCUT2D eigenvalue weighted by Gasteiger charge is 2.12. The Kier molecular flexibility index (Phi) is 7.49. The zero-order valence-corrected chi connectivity index (χ0v) is 13.7. The Balaban J connectivity index is 2.39. The van der Waals surface area contributed by atoms with E-state index in [0.29, 0.717) is 30.3 Å². The van der Waals surface area contributed by atoms with Gasteiger partial charge in [-0.3, -0.25) is 10.2 Å². The van der Waals surface area contributed by atoms with Gasteiger partial charge in [0.1, 0.15) is 5.69 Å². The van der Waals surface area contributed by atoms with E-state index in [4.69, 9.17) is 16.9 Å². The van der Waals surface area contributed by atoms with Crippen molar-refractivity contribution in [2.24, 2.45) is 11.7 Å². The number of aryl methyl sites for hydroxylation is 1. The van der Waals surface area contributed by atoms with Crippen LogP contribution in [0.1, 0.15) is 56.4 Å². The number of nitrogens with two attached hydrogens (primary N) is 2. The molecule has 0 saturated heterocycles. The lowest BCUT2D eigenvalue weighted by Crippen LogP contribution is -2.27. The van der Waals surface area contributed by atoms with E-state index in [0.717, 1.165) is 32.2 Å². The van der Waals surface area contributed by atoms with Crippen LogP contribution in [0.3, 0.4) is 0 Å². The molecule has 0 aliphatic rings. The fourth-order valence-corrected chi connectivity index (χ4v) is 2.22. The van der Waals surface area contributed by atoms with E-state index in [-0.39, 0.29) is 11.7 Å². The molecule has 1 rings (SSSR count). The molecule has 1 aromatic heterocycles. The molecule has 124 valence electrons. The summed E-state index contributed by atoms with van der Waals surface area (Å²) < 4.78 is 1.93. The van der Waals surface area contributed by atoms with E-state index in [1.807, 2.05) is 10.8 Å². The third kappa shape index (κ3) is 6.65. The number of nitrogen functional groups attached to an aromatic ring is 1. The van der Waals surface area contributed by atoms with Gasteiger partial charge in [0.05, 0.1) is 11.5 Å². The third-order valence-corrected chi connectivity index (χ3v) is 3.51. The van der Waals surface area contributed by atoms with E-state index in [1.54, 1.807) is 6.07 Å². The number of nitrogens with one attached hydrogen (secondary N) is 2. The molecule has 0 aliphatic heterocycles. The molecule has 0 spiro atoms. The Hall–Kier alpha value is -1.98. The molecule has 1 heterocycles. The smallest absolute Gasteiger partial charge is 0.267 e. The van der Waals surface area contributed by atoms with Gasteiger partial charge >= 0.3 is 0 Å². The maximum Gasteiger partial charge on any atom is 0.267 e. The topological polar surface area (TPSA) is 110 Å². The highest BCUT2D eigenvalue weighted by atomic mass is 16.1. The molecule has 6 nitrogen and oxygen atoms in total. The first-order valence-electron chi connectivity index (χ1n) is 7.97. The summed E-state index contributed by atoms with van der Waals surface area (Å²) >= 11 is 0. The van der Waals surface area contributed by atoms with Crippen molar-refractivity contribution in [3.05, 3.63) is 18.0 Å². The lowest BCUT2D eigenvalue weighted by Gasteiger charge is -2.11. The maximum absolute atomic E-state index is 12.2. The lowest BCUT2D eigenvalue weighted by molar-refractivity contribution is 0.0943. The molecule has 0 radical (unpaired) electrons. The van der Waals surface area contributed by atoms with Crippen molar-refractivity contribution in [1.82, 2.24) is 9.88 Å². The second kappa shape index (κ2) is 9.12. The van der Waals surface area contributed by atoms with E-state index in [1.165, 1.54) is 0 Å². The monoisotopic (exact) mass is 307 g/mol. The van der Waals surface area contributed by atoms with Gasteiger partial charge in [0.2, 0.25) is 0 Å². The summed E-state index contributed by atoms with van der Waals surface area (Å²) in [5.74, 6) is 0.732. The average molecular weight is 307 g/mol. The molecule has 0 fully saturated rings. The third-order valence-electron chi connectivity index (χ3n) is 3.51. The van der Waals surface area contributed by atoms with Crippen LogP contribution in [0.4, 0.5) is 5.69 Å². The van der Waals surface area contributed by atoms with Crippen LogP contribution in [0, 0.1) is 11.3 Å². The molecular weight excluding hydrogens is 278 g/mol. The van der Waals surface area contributed by atoms with Gasteiger partial charge in [0, 0.05) is 25.7 Å². The van der Waals surface area contributed by atoms with E-state index >= 15 is 0 Å². The van der Waals surface area contributed by atoms with Gasteiger partial charge in [-0.1, -0.05) is 20.3 Å². The molecule has 0 bridgehead atoms. The summed E-state index contributed by atoms with van der Waals surface area (Å²) in [6.45, 7) is 5.75. The van der Waals surface area contributed by atoms with Crippen LogP contribution in [0.5, 0.6) is 0 Å². The molecule has 0 atom stereocenters. The molecule has 6 N–H and O–H groups in total. The minimum atomic E-state index is -0.0768. The van der Waals surface area contributed by atoms with Crippen molar-refractivity contribution < 1.29 is 4.79 Å². The lowest BCUT2D eigenvalue weighted by atomic mass is 10.1. The first-order chi connectivity index (χ1) is 10.4. The van der Waals surface area contributed by atoms with Gasteiger partial charge in [0.25, 0.3) is 5.91 Å². The summed E-state index contributed by atoms with van der Waals surface area (Å²) in [6.07, 6.45) is 6.20. The number of amidine groups is 1. The van der Waals surface area contributed by atoms with Crippen LogP contribution in [-0.2, 0) is 6.54 Å². The molecule has 0 unspecified atom stereocenters. The van der Waals surface area contributed by atoms with Crippen LogP contribution >= 0.6 is 0 Å².